The van der Waals surface area contributed by atoms with E-state index in [-0.39, 0.29) is 18.7 Å². The number of benzene rings is 1. The Labute approximate surface area is 195 Å². The number of thiophene rings is 1. The van der Waals surface area contributed by atoms with Crippen LogP contribution in [-0.4, -0.2) is 50.8 Å². The molecule has 0 bridgehead atoms. The summed E-state index contributed by atoms with van der Waals surface area (Å²) in [5, 5.41) is 11.4. The first kappa shape index (κ1) is 24.7. The lowest BCUT2D eigenvalue weighted by Gasteiger charge is -2.35. The van der Waals surface area contributed by atoms with E-state index >= 15 is 0 Å². The molecule has 5 N–H and O–H groups in total. The van der Waals surface area contributed by atoms with Crippen LogP contribution in [-0.2, 0) is 24.2 Å². The number of anilines is 1. The van der Waals surface area contributed by atoms with Crippen LogP contribution in [0.3, 0.4) is 0 Å². The van der Waals surface area contributed by atoms with Gasteiger partial charge in [-0.2, -0.15) is 0 Å². The molecule has 0 radical (unpaired) electrons. The first-order valence-electron chi connectivity index (χ1n) is 10.3. The maximum atomic E-state index is 13.1. The van der Waals surface area contributed by atoms with Crippen molar-refractivity contribution >= 4 is 44.7 Å². The first-order chi connectivity index (χ1) is 15.6. The molecule has 178 valence electrons. The fourth-order valence-corrected chi connectivity index (χ4v) is 7.69. The third kappa shape index (κ3) is 5.18. The second kappa shape index (κ2) is 9.89. The van der Waals surface area contributed by atoms with Crippen molar-refractivity contribution in [1.29, 1.82) is 0 Å². The molecule has 1 fully saturated rings. The van der Waals surface area contributed by atoms with Crippen LogP contribution in [0, 0.1) is 0 Å². The van der Waals surface area contributed by atoms with E-state index < -0.39 is 32.4 Å². The topological polar surface area (TPSA) is 159 Å². The summed E-state index contributed by atoms with van der Waals surface area (Å²) in [7, 11) is -2.07. The van der Waals surface area contributed by atoms with Crippen molar-refractivity contribution in [1.82, 2.24) is 10.8 Å². The molecule has 2 aromatic rings. The van der Waals surface area contributed by atoms with E-state index in [9.17, 15) is 22.8 Å². The van der Waals surface area contributed by atoms with Crippen LogP contribution in [0.1, 0.15) is 30.6 Å². The number of hydrogen-bond donors (Lipinski definition) is 4. The van der Waals surface area contributed by atoms with Crippen LogP contribution in [0.25, 0.3) is 10.4 Å². The highest BCUT2D eigenvalue weighted by Crippen LogP contribution is 2.47. The lowest BCUT2D eigenvalue weighted by molar-refractivity contribution is -0.130. The Morgan fingerprint density at radius 2 is 1.97 bits per heavy atom. The summed E-state index contributed by atoms with van der Waals surface area (Å²) in [6.07, 6.45) is 1.14. The van der Waals surface area contributed by atoms with E-state index in [1.165, 1.54) is 16.2 Å². The van der Waals surface area contributed by atoms with Gasteiger partial charge in [0.1, 0.15) is 4.75 Å². The monoisotopic (exact) mass is 494 g/mol. The summed E-state index contributed by atoms with van der Waals surface area (Å²) in [5.41, 5.74) is 7.94. The van der Waals surface area contributed by atoms with Crippen LogP contribution < -0.4 is 21.4 Å². The molecular weight excluding hydrogens is 468 g/mol. The minimum atomic E-state index is -3.62. The van der Waals surface area contributed by atoms with Crippen molar-refractivity contribution in [2.75, 3.05) is 24.2 Å². The van der Waals surface area contributed by atoms with Gasteiger partial charge in [0, 0.05) is 22.5 Å². The largest absolute Gasteiger partial charge is 0.368 e. The molecule has 0 saturated carbocycles. The molecule has 12 heteroatoms. The van der Waals surface area contributed by atoms with Gasteiger partial charge in [-0.1, -0.05) is 18.6 Å². The Kier molecular flexibility index (Phi) is 7.40. The Hall–Kier alpha value is -2.96. The van der Waals surface area contributed by atoms with Gasteiger partial charge in [0.05, 0.1) is 18.7 Å². The first-order valence-corrected chi connectivity index (χ1v) is 12.7. The van der Waals surface area contributed by atoms with E-state index in [0.717, 1.165) is 10.4 Å². The van der Waals surface area contributed by atoms with Crippen molar-refractivity contribution in [3.8, 4) is 10.4 Å². The minimum absolute atomic E-state index is 0.0142. The molecule has 2 heterocycles. The van der Waals surface area contributed by atoms with Gasteiger partial charge in [-0.15, -0.1) is 11.3 Å². The maximum Gasteiger partial charge on any atom is 0.322 e. The number of carbonyl (C=O) groups is 3. The molecule has 1 saturated heterocycles. The molecule has 1 atom stereocenters. The zero-order valence-electron chi connectivity index (χ0n) is 18.0. The molecule has 0 unspecified atom stereocenters. The van der Waals surface area contributed by atoms with Gasteiger partial charge >= 0.3 is 6.03 Å². The highest BCUT2D eigenvalue weighted by molar-refractivity contribution is 7.92. The Morgan fingerprint density at radius 3 is 2.64 bits per heavy atom. The molecule has 10 nitrogen and oxygen atoms in total. The van der Waals surface area contributed by atoms with Gasteiger partial charge < -0.3 is 11.1 Å². The van der Waals surface area contributed by atoms with E-state index in [2.05, 4.69) is 5.32 Å². The molecule has 0 spiro atoms. The standard InChI is InChI=1S/C21H26N4O6S2/c1-25(20(28)23-13-18(22)26)15-6-4-5-14(11-15)16-7-8-17(32-16)21(12-19(27)24-29)9-2-3-10-33(21,30)31/h4-8,11,29H,2-3,9-10,12-13H2,1H3,(H2,22,26)(H,23,28)(H,24,27)/t21-/m0/s1. The van der Waals surface area contributed by atoms with Crippen LogP contribution in [0.4, 0.5) is 10.5 Å². The Balaban J connectivity index is 1.93. The number of nitrogens with zero attached hydrogens (tertiary/aromatic N) is 1. The number of urea groups is 1. The van der Waals surface area contributed by atoms with Crippen molar-refractivity contribution < 1.29 is 28.0 Å². The number of nitrogens with two attached hydrogens (primary N) is 1. The number of rotatable bonds is 7. The van der Waals surface area contributed by atoms with E-state index in [0.29, 0.717) is 29.8 Å². The van der Waals surface area contributed by atoms with Crippen molar-refractivity contribution in [3.63, 3.8) is 0 Å². The molecule has 1 aliphatic rings. The number of hydrogen-bond acceptors (Lipinski definition) is 7. The summed E-state index contributed by atoms with van der Waals surface area (Å²) in [6.45, 7) is -0.283. The van der Waals surface area contributed by atoms with Gasteiger partial charge in [0.15, 0.2) is 9.84 Å². The van der Waals surface area contributed by atoms with Gasteiger partial charge in [-0.05, 0) is 42.7 Å². The number of primary amides is 1. The minimum Gasteiger partial charge on any atom is -0.368 e. The fraction of sp³-hybridized carbons (Fsp3) is 0.381. The molecule has 3 rings (SSSR count). The summed E-state index contributed by atoms with van der Waals surface area (Å²) in [4.78, 5) is 37.8. The maximum absolute atomic E-state index is 13.1. The SMILES string of the molecule is CN(C(=O)NCC(N)=O)c1cccc(-c2ccc([C@@]3(CC(=O)NO)CCCCS3(=O)=O)s2)c1. The van der Waals surface area contributed by atoms with Gasteiger partial charge in [-0.3, -0.25) is 19.7 Å². The molecule has 4 amide bonds. The van der Waals surface area contributed by atoms with Crippen LogP contribution >= 0.6 is 11.3 Å². The van der Waals surface area contributed by atoms with E-state index in [1.807, 2.05) is 6.07 Å². The normalized spacial score (nSPS) is 19.5. The van der Waals surface area contributed by atoms with Gasteiger partial charge in [0.2, 0.25) is 11.8 Å². The lowest BCUT2D eigenvalue weighted by Crippen LogP contribution is -2.43. The number of sulfone groups is 1. The van der Waals surface area contributed by atoms with Gasteiger partial charge in [0.25, 0.3) is 0 Å². The molecule has 0 aliphatic carbocycles. The van der Waals surface area contributed by atoms with Crippen molar-refractivity contribution in [2.45, 2.75) is 30.4 Å². The molecule has 33 heavy (non-hydrogen) atoms. The summed E-state index contributed by atoms with van der Waals surface area (Å²) in [6, 6.07) is 10.1. The van der Waals surface area contributed by atoms with Crippen LogP contribution in [0.15, 0.2) is 36.4 Å². The lowest BCUT2D eigenvalue weighted by atomic mass is 9.94. The molecule has 1 aromatic carbocycles. The van der Waals surface area contributed by atoms with Crippen molar-refractivity contribution in [2.24, 2.45) is 5.73 Å². The van der Waals surface area contributed by atoms with Crippen LogP contribution in [0.5, 0.6) is 0 Å². The molecule has 1 aliphatic heterocycles. The average molecular weight is 495 g/mol. The fourth-order valence-electron chi connectivity index (χ4n) is 3.92. The smallest absolute Gasteiger partial charge is 0.322 e. The highest BCUT2D eigenvalue weighted by Gasteiger charge is 2.49. The molecular formula is C21H26N4O6S2. The Bertz CT molecular complexity index is 1160. The number of hydroxylamine groups is 1. The third-order valence-electron chi connectivity index (χ3n) is 5.70. The van der Waals surface area contributed by atoms with Gasteiger partial charge in [-0.25, -0.2) is 18.7 Å². The van der Waals surface area contributed by atoms with E-state index in [1.54, 1.807) is 42.9 Å². The summed E-state index contributed by atoms with van der Waals surface area (Å²) in [5.74, 6) is -1.42. The Morgan fingerprint density at radius 1 is 1.21 bits per heavy atom. The second-order valence-electron chi connectivity index (χ2n) is 7.88. The quantitative estimate of drug-likeness (QED) is 0.339. The second-order valence-corrected chi connectivity index (χ2v) is 11.4. The highest BCUT2D eigenvalue weighted by atomic mass is 32.2. The summed E-state index contributed by atoms with van der Waals surface area (Å²) < 4.78 is 24.8. The molecule has 1 aromatic heterocycles. The number of amides is 4. The summed E-state index contributed by atoms with van der Waals surface area (Å²) >= 11 is 1.27. The predicted octanol–water partition coefficient (Wildman–Crippen LogP) is 1.74. The number of carbonyl (C=O) groups excluding carboxylic acids is 3. The average Bonchev–Trinajstić information content (AvgIpc) is 3.29. The van der Waals surface area contributed by atoms with Crippen molar-refractivity contribution in [3.05, 3.63) is 41.3 Å². The van der Waals surface area contributed by atoms with Crippen LogP contribution in [0.2, 0.25) is 0 Å². The zero-order valence-corrected chi connectivity index (χ0v) is 19.7. The third-order valence-corrected chi connectivity index (χ3v) is 9.75. The number of nitrogens with one attached hydrogen (secondary N) is 2. The zero-order chi connectivity index (χ0) is 24.2. The van der Waals surface area contributed by atoms with E-state index in [4.69, 9.17) is 10.9 Å². The predicted molar refractivity (Wildman–Crippen MR) is 125 cm³/mol.